The van der Waals surface area contributed by atoms with E-state index in [0.29, 0.717) is 6.04 Å². The van der Waals surface area contributed by atoms with Gasteiger partial charge in [-0.15, -0.1) is 0 Å². The number of carbonyl (C=O) groups excluding carboxylic acids is 1. The first-order valence-electron chi connectivity index (χ1n) is 9.19. The summed E-state index contributed by atoms with van der Waals surface area (Å²) in [6, 6.07) is 6.36. The van der Waals surface area contributed by atoms with Gasteiger partial charge in [-0.3, -0.25) is 4.79 Å². The Labute approximate surface area is 148 Å². The number of amides is 1. The van der Waals surface area contributed by atoms with Gasteiger partial charge in [-0.2, -0.15) is 5.10 Å². The molecule has 2 fully saturated rings. The fraction of sp³-hybridized carbons (Fsp3) is 0.526. The van der Waals surface area contributed by atoms with Crippen molar-refractivity contribution < 1.29 is 4.79 Å². The molecular weight excluding hydrogens is 314 g/mol. The van der Waals surface area contributed by atoms with Crippen molar-refractivity contribution in [3.05, 3.63) is 42.0 Å². The number of aryl methyl sites for hydroxylation is 1. The second-order valence-electron chi connectivity index (χ2n) is 7.26. The summed E-state index contributed by atoms with van der Waals surface area (Å²) in [5, 5.41) is 7.82. The number of hydrogen-bond donors (Lipinski definition) is 1. The normalized spacial score (nSPS) is 18.5. The maximum atomic E-state index is 12.8. The minimum Gasteiger partial charge on any atom is -0.339 e. The minimum absolute atomic E-state index is 0.133. The number of nitrogens with zero attached hydrogens (tertiary/aromatic N) is 4. The van der Waals surface area contributed by atoms with Crippen LogP contribution in [0.3, 0.4) is 0 Å². The van der Waals surface area contributed by atoms with Crippen molar-refractivity contribution in [3.8, 4) is 5.69 Å². The molecule has 0 radical (unpaired) electrons. The monoisotopic (exact) mass is 339 g/mol. The van der Waals surface area contributed by atoms with Crippen LogP contribution in [-0.4, -0.2) is 51.2 Å². The van der Waals surface area contributed by atoms with Gasteiger partial charge in [0, 0.05) is 24.7 Å². The van der Waals surface area contributed by atoms with Crippen LogP contribution in [0.5, 0.6) is 0 Å². The second kappa shape index (κ2) is 6.96. The summed E-state index contributed by atoms with van der Waals surface area (Å²) in [5.74, 6) is 1.04. The number of nitrogens with one attached hydrogen (secondary N) is 1. The molecule has 2 aliphatic rings. The van der Waals surface area contributed by atoms with E-state index >= 15 is 0 Å². The smallest absolute Gasteiger partial charge is 0.253 e. The third-order valence-electron chi connectivity index (χ3n) is 5.28. The van der Waals surface area contributed by atoms with Crippen molar-refractivity contribution in [2.24, 2.45) is 5.92 Å². The van der Waals surface area contributed by atoms with Gasteiger partial charge in [-0.1, -0.05) is 0 Å². The highest BCUT2D eigenvalue weighted by atomic mass is 16.2. The van der Waals surface area contributed by atoms with Gasteiger partial charge in [-0.25, -0.2) is 9.67 Å². The third kappa shape index (κ3) is 3.74. The second-order valence-corrected chi connectivity index (χ2v) is 7.26. The Hall–Kier alpha value is -2.21. The van der Waals surface area contributed by atoms with Crippen LogP contribution in [0.2, 0.25) is 0 Å². The Balaban J connectivity index is 1.37. The molecule has 2 aromatic rings. The number of hydrogen-bond acceptors (Lipinski definition) is 4. The number of aromatic nitrogens is 3. The third-order valence-corrected chi connectivity index (χ3v) is 5.28. The lowest BCUT2D eigenvalue weighted by Gasteiger charge is -2.32. The average Bonchev–Trinajstić information content (AvgIpc) is 3.32. The standard InChI is InChI=1S/C19H25N5O/c1-14-10-16(4-5-18(14)24-13-20-12-22-24)19(25)23-8-6-17(7-9-23)21-11-15-2-3-15/h4-5,10,12-13,15,17,21H,2-3,6-9,11H2,1H3. The van der Waals surface area contributed by atoms with Gasteiger partial charge in [0.1, 0.15) is 12.7 Å². The van der Waals surface area contributed by atoms with E-state index < -0.39 is 0 Å². The SMILES string of the molecule is Cc1cc(C(=O)N2CCC(NCC3CC3)CC2)ccc1-n1cncn1. The highest BCUT2D eigenvalue weighted by molar-refractivity contribution is 5.94. The molecule has 1 saturated heterocycles. The molecule has 1 aliphatic heterocycles. The lowest BCUT2D eigenvalue weighted by Crippen LogP contribution is -2.45. The zero-order valence-electron chi connectivity index (χ0n) is 14.7. The number of likely N-dealkylation sites (tertiary alicyclic amines) is 1. The molecule has 0 bridgehead atoms. The predicted molar refractivity (Wildman–Crippen MR) is 95.7 cm³/mol. The Bertz CT molecular complexity index is 730. The van der Waals surface area contributed by atoms with Gasteiger partial charge < -0.3 is 10.2 Å². The van der Waals surface area contributed by atoms with E-state index in [1.165, 1.54) is 19.2 Å². The van der Waals surface area contributed by atoms with Crippen LogP contribution in [0.1, 0.15) is 41.6 Å². The molecule has 1 aliphatic carbocycles. The van der Waals surface area contributed by atoms with E-state index in [4.69, 9.17) is 0 Å². The molecule has 0 atom stereocenters. The van der Waals surface area contributed by atoms with Crippen molar-refractivity contribution in [2.75, 3.05) is 19.6 Å². The summed E-state index contributed by atoms with van der Waals surface area (Å²) < 4.78 is 1.72. The highest BCUT2D eigenvalue weighted by Crippen LogP contribution is 2.28. The lowest BCUT2D eigenvalue weighted by atomic mass is 10.0. The molecular formula is C19H25N5O. The summed E-state index contributed by atoms with van der Waals surface area (Å²) in [5.41, 5.74) is 2.74. The number of benzene rings is 1. The predicted octanol–water partition coefficient (Wildman–Crippen LogP) is 2.18. The molecule has 1 amide bonds. The largest absolute Gasteiger partial charge is 0.339 e. The quantitative estimate of drug-likeness (QED) is 0.907. The van der Waals surface area contributed by atoms with Crippen molar-refractivity contribution in [1.29, 1.82) is 0 Å². The van der Waals surface area contributed by atoms with E-state index in [0.717, 1.165) is 55.2 Å². The van der Waals surface area contributed by atoms with Gasteiger partial charge in [0.25, 0.3) is 5.91 Å². The Morgan fingerprint density at radius 2 is 2.04 bits per heavy atom. The molecule has 132 valence electrons. The summed E-state index contributed by atoms with van der Waals surface area (Å²) in [4.78, 5) is 18.8. The van der Waals surface area contributed by atoms with Crippen LogP contribution in [0.25, 0.3) is 5.69 Å². The molecule has 1 N–H and O–H groups in total. The molecule has 1 saturated carbocycles. The van der Waals surface area contributed by atoms with Crippen LogP contribution >= 0.6 is 0 Å². The van der Waals surface area contributed by atoms with Crippen molar-refractivity contribution in [1.82, 2.24) is 25.0 Å². The summed E-state index contributed by atoms with van der Waals surface area (Å²) in [6.45, 7) is 4.83. The van der Waals surface area contributed by atoms with Crippen molar-refractivity contribution >= 4 is 5.91 Å². The van der Waals surface area contributed by atoms with E-state index in [1.54, 1.807) is 11.0 Å². The van der Waals surface area contributed by atoms with Crippen LogP contribution in [0.15, 0.2) is 30.9 Å². The molecule has 6 heteroatoms. The highest BCUT2D eigenvalue weighted by Gasteiger charge is 2.26. The first kappa shape index (κ1) is 16.3. The Kier molecular flexibility index (Phi) is 4.53. The fourth-order valence-corrected chi connectivity index (χ4v) is 3.50. The van der Waals surface area contributed by atoms with Gasteiger partial charge in [0.15, 0.2) is 0 Å². The average molecular weight is 339 g/mol. The maximum absolute atomic E-state index is 12.8. The van der Waals surface area contributed by atoms with Crippen LogP contribution in [-0.2, 0) is 0 Å². The Morgan fingerprint density at radius 3 is 2.68 bits per heavy atom. The Morgan fingerprint density at radius 1 is 1.24 bits per heavy atom. The van der Waals surface area contributed by atoms with Gasteiger partial charge >= 0.3 is 0 Å². The first-order chi connectivity index (χ1) is 12.2. The van der Waals surface area contributed by atoms with Crippen molar-refractivity contribution in [3.63, 3.8) is 0 Å². The molecule has 25 heavy (non-hydrogen) atoms. The van der Waals surface area contributed by atoms with Crippen LogP contribution in [0.4, 0.5) is 0 Å². The molecule has 0 unspecified atom stereocenters. The summed E-state index contributed by atoms with van der Waals surface area (Å²) in [6.07, 6.45) is 8.05. The molecule has 4 rings (SSSR count). The fourth-order valence-electron chi connectivity index (χ4n) is 3.50. The molecule has 2 heterocycles. The number of rotatable bonds is 5. The molecule has 1 aromatic heterocycles. The lowest BCUT2D eigenvalue weighted by molar-refractivity contribution is 0.0705. The van der Waals surface area contributed by atoms with Gasteiger partial charge in [0.05, 0.1) is 5.69 Å². The maximum Gasteiger partial charge on any atom is 0.253 e. The van der Waals surface area contributed by atoms with Gasteiger partial charge in [0.2, 0.25) is 0 Å². The van der Waals surface area contributed by atoms with E-state index in [1.807, 2.05) is 30.0 Å². The van der Waals surface area contributed by atoms with E-state index in [-0.39, 0.29) is 5.91 Å². The molecule has 0 spiro atoms. The molecule has 1 aromatic carbocycles. The zero-order chi connectivity index (χ0) is 17.2. The molecule has 6 nitrogen and oxygen atoms in total. The van der Waals surface area contributed by atoms with Crippen molar-refractivity contribution in [2.45, 2.75) is 38.6 Å². The van der Waals surface area contributed by atoms with E-state index in [9.17, 15) is 4.79 Å². The van der Waals surface area contributed by atoms with Crippen LogP contribution < -0.4 is 5.32 Å². The number of carbonyl (C=O) groups is 1. The number of piperidine rings is 1. The topological polar surface area (TPSA) is 63.1 Å². The summed E-state index contributed by atoms with van der Waals surface area (Å²) in [7, 11) is 0. The summed E-state index contributed by atoms with van der Waals surface area (Å²) >= 11 is 0. The van der Waals surface area contributed by atoms with Gasteiger partial charge in [-0.05, 0) is 68.8 Å². The zero-order valence-corrected chi connectivity index (χ0v) is 14.7. The van der Waals surface area contributed by atoms with E-state index in [2.05, 4.69) is 15.4 Å². The minimum atomic E-state index is 0.133. The first-order valence-corrected chi connectivity index (χ1v) is 9.19. The van der Waals surface area contributed by atoms with Crippen LogP contribution in [0, 0.1) is 12.8 Å².